The maximum absolute atomic E-state index is 12.3. The molecule has 0 saturated heterocycles. The number of fused-ring (bicyclic) bond motifs is 1. The molecule has 3 rings (SSSR count). The molecule has 3 nitrogen and oxygen atoms in total. The molecule has 1 aromatic carbocycles. The second-order valence-corrected chi connectivity index (χ2v) is 5.35. The highest BCUT2D eigenvalue weighted by Gasteiger charge is 2.18. The lowest BCUT2D eigenvalue weighted by Gasteiger charge is -2.07. The topological polar surface area (TPSA) is 45.8 Å². The number of hydrogen-bond donors (Lipinski definition) is 0. The molecular weight excluding hydrogens is 260 g/mol. The predicted molar refractivity (Wildman–Crippen MR) is 83.8 cm³/mol. The van der Waals surface area contributed by atoms with Gasteiger partial charge in [-0.05, 0) is 47.8 Å². The zero-order chi connectivity index (χ0) is 15.0. The molecule has 21 heavy (non-hydrogen) atoms. The van der Waals surface area contributed by atoms with Crippen molar-refractivity contribution in [2.24, 2.45) is 0 Å². The lowest BCUT2D eigenvalue weighted by molar-refractivity contribution is 0.796. The Morgan fingerprint density at radius 3 is 2.62 bits per heavy atom. The molecule has 0 saturated carbocycles. The molecule has 0 amide bonds. The molecule has 0 aliphatic carbocycles. The van der Waals surface area contributed by atoms with Crippen LogP contribution in [0.1, 0.15) is 34.9 Å². The van der Waals surface area contributed by atoms with Crippen LogP contribution in [-0.2, 0) is 13.0 Å². The van der Waals surface area contributed by atoms with E-state index in [1.165, 1.54) is 5.56 Å². The first kappa shape index (κ1) is 13.4. The van der Waals surface area contributed by atoms with Gasteiger partial charge in [-0.1, -0.05) is 31.2 Å². The predicted octanol–water partition coefficient (Wildman–Crippen LogP) is 3.15. The number of hydrogen-bond acceptors (Lipinski definition) is 2. The van der Waals surface area contributed by atoms with Crippen LogP contribution >= 0.6 is 0 Å². The maximum Gasteiger partial charge on any atom is 0.269 e. The standard InChI is InChI=1S/C18H16N2O/c1-3-13-4-6-14(7-5-13)15-9-16-8-12(2)17(10-19)18(21)20(16)11-15/h4-9H,3,11H2,1-2H3. The van der Waals surface area contributed by atoms with E-state index < -0.39 is 0 Å². The number of aromatic nitrogens is 1. The molecule has 0 N–H and O–H groups in total. The van der Waals surface area contributed by atoms with E-state index in [1.807, 2.05) is 25.1 Å². The van der Waals surface area contributed by atoms with Crippen LogP contribution in [0.4, 0.5) is 0 Å². The molecule has 3 heteroatoms. The Labute approximate surface area is 123 Å². The molecule has 1 aliphatic heterocycles. The molecule has 0 bridgehead atoms. The van der Waals surface area contributed by atoms with Crippen LogP contribution < -0.4 is 5.56 Å². The molecule has 2 heterocycles. The zero-order valence-corrected chi connectivity index (χ0v) is 12.2. The monoisotopic (exact) mass is 276 g/mol. The molecule has 0 atom stereocenters. The number of aryl methyl sites for hydroxylation is 2. The van der Waals surface area contributed by atoms with Crippen LogP contribution in [0.25, 0.3) is 11.6 Å². The summed E-state index contributed by atoms with van der Waals surface area (Å²) in [6, 6.07) is 12.3. The smallest absolute Gasteiger partial charge is 0.269 e. The third-order valence-corrected chi connectivity index (χ3v) is 4.02. The van der Waals surface area contributed by atoms with Crippen LogP contribution in [-0.4, -0.2) is 4.57 Å². The number of nitrogens with zero attached hydrogens (tertiary/aromatic N) is 2. The summed E-state index contributed by atoms with van der Waals surface area (Å²) < 4.78 is 1.68. The summed E-state index contributed by atoms with van der Waals surface area (Å²) in [4.78, 5) is 12.3. The van der Waals surface area contributed by atoms with E-state index >= 15 is 0 Å². The Balaban J connectivity index is 2.03. The Morgan fingerprint density at radius 1 is 1.29 bits per heavy atom. The number of allylic oxidation sites excluding steroid dienone is 1. The van der Waals surface area contributed by atoms with Crippen LogP contribution in [0.5, 0.6) is 0 Å². The average molecular weight is 276 g/mol. The highest BCUT2D eigenvalue weighted by molar-refractivity contribution is 5.83. The molecule has 1 aromatic heterocycles. The van der Waals surface area contributed by atoms with Crippen molar-refractivity contribution in [1.82, 2.24) is 4.57 Å². The van der Waals surface area contributed by atoms with E-state index in [4.69, 9.17) is 5.26 Å². The number of nitriles is 1. The number of pyridine rings is 1. The molecule has 2 aromatic rings. The number of benzene rings is 1. The summed E-state index contributed by atoms with van der Waals surface area (Å²) in [7, 11) is 0. The van der Waals surface area contributed by atoms with Crippen LogP contribution in [0.15, 0.2) is 35.1 Å². The second-order valence-electron chi connectivity index (χ2n) is 5.35. The molecular formula is C18H16N2O. The van der Waals surface area contributed by atoms with Gasteiger partial charge >= 0.3 is 0 Å². The minimum absolute atomic E-state index is 0.191. The average Bonchev–Trinajstić information content (AvgIpc) is 2.92. The van der Waals surface area contributed by atoms with Crippen molar-refractivity contribution in [3.05, 3.63) is 68.6 Å². The molecule has 0 radical (unpaired) electrons. The van der Waals surface area contributed by atoms with Crippen molar-refractivity contribution in [3.8, 4) is 6.07 Å². The number of rotatable bonds is 2. The highest BCUT2D eigenvalue weighted by atomic mass is 16.1. The van der Waals surface area contributed by atoms with Gasteiger partial charge in [-0.2, -0.15) is 5.26 Å². The fourth-order valence-electron chi connectivity index (χ4n) is 2.74. The summed E-state index contributed by atoms with van der Waals surface area (Å²) in [5, 5.41) is 9.09. The fourth-order valence-corrected chi connectivity index (χ4v) is 2.74. The first-order valence-corrected chi connectivity index (χ1v) is 7.08. The lowest BCUT2D eigenvalue weighted by Crippen LogP contribution is -2.23. The Kier molecular flexibility index (Phi) is 3.23. The summed E-state index contributed by atoms with van der Waals surface area (Å²) in [5.74, 6) is 0. The van der Waals surface area contributed by atoms with Gasteiger partial charge in [-0.25, -0.2) is 0 Å². The quantitative estimate of drug-likeness (QED) is 0.846. The van der Waals surface area contributed by atoms with Gasteiger partial charge in [0.15, 0.2) is 0 Å². The zero-order valence-electron chi connectivity index (χ0n) is 12.2. The van der Waals surface area contributed by atoms with Gasteiger partial charge in [-0.3, -0.25) is 4.79 Å². The third kappa shape index (κ3) is 2.19. The van der Waals surface area contributed by atoms with E-state index in [-0.39, 0.29) is 11.1 Å². The van der Waals surface area contributed by atoms with Gasteiger partial charge in [0, 0.05) is 5.69 Å². The Bertz CT molecular complexity index is 833. The van der Waals surface area contributed by atoms with Crippen molar-refractivity contribution in [3.63, 3.8) is 0 Å². The van der Waals surface area contributed by atoms with E-state index in [9.17, 15) is 4.79 Å². The Hall–Kier alpha value is -2.60. The normalized spacial score (nSPS) is 12.7. The first-order valence-electron chi connectivity index (χ1n) is 7.08. The minimum atomic E-state index is -0.191. The SMILES string of the molecule is CCc1ccc(C2=Cc3cc(C)c(C#N)c(=O)n3C2)cc1. The second kappa shape index (κ2) is 5.06. The molecule has 0 unspecified atom stereocenters. The van der Waals surface area contributed by atoms with Gasteiger partial charge < -0.3 is 4.57 Å². The molecule has 104 valence electrons. The van der Waals surface area contributed by atoms with E-state index in [0.29, 0.717) is 6.54 Å². The van der Waals surface area contributed by atoms with Crippen molar-refractivity contribution in [1.29, 1.82) is 5.26 Å². The van der Waals surface area contributed by atoms with Gasteiger partial charge in [0.25, 0.3) is 5.56 Å². The van der Waals surface area contributed by atoms with E-state index in [2.05, 4.69) is 31.2 Å². The summed E-state index contributed by atoms with van der Waals surface area (Å²) >= 11 is 0. The molecule has 0 spiro atoms. The summed E-state index contributed by atoms with van der Waals surface area (Å²) in [6.45, 7) is 4.47. The largest absolute Gasteiger partial charge is 0.303 e. The summed E-state index contributed by atoms with van der Waals surface area (Å²) in [5.41, 5.74) is 5.22. The van der Waals surface area contributed by atoms with Crippen LogP contribution in [0.2, 0.25) is 0 Å². The minimum Gasteiger partial charge on any atom is -0.303 e. The Morgan fingerprint density at radius 2 is 2.00 bits per heavy atom. The molecule has 0 fully saturated rings. The van der Waals surface area contributed by atoms with E-state index in [0.717, 1.165) is 28.8 Å². The maximum atomic E-state index is 12.3. The third-order valence-electron chi connectivity index (χ3n) is 4.02. The van der Waals surface area contributed by atoms with Crippen molar-refractivity contribution in [2.75, 3.05) is 0 Å². The molecule has 1 aliphatic rings. The lowest BCUT2D eigenvalue weighted by atomic mass is 10.0. The fraction of sp³-hybridized carbons (Fsp3) is 0.222. The van der Waals surface area contributed by atoms with Gasteiger partial charge in [0.05, 0.1) is 6.54 Å². The highest BCUT2D eigenvalue weighted by Crippen LogP contribution is 2.26. The van der Waals surface area contributed by atoms with Gasteiger partial charge in [0.2, 0.25) is 0 Å². The van der Waals surface area contributed by atoms with E-state index in [1.54, 1.807) is 4.57 Å². The van der Waals surface area contributed by atoms with Crippen LogP contribution in [0, 0.1) is 18.3 Å². The summed E-state index contributed by atoms with van der Waals surface area (Å²) in [6.07, 6.45) is 3.06. The van der Waals surface area contributed by atoms with Gasteiger partial charge in [-0.15, -0.1) is 0 Å². The van der Waals surface area contributed by atoms with Crippen LogP contribution in [0.3, 0.4) is 0 Å². The van der Waals surface area contributed by atoms with Crippen molar-refractivity contribution < 1.29 is 0 Å². The van der Waals surface area contributed by atoms with Gasteiger partial charge in [0.1, 0.15) is 11.6 Å². The first-order chi connectivity index (χ1) is 10.1. The van der Waals surface area contributed by atoms with Crippen molar-refractivity contribution >= 4 is 11.6 Å². The van der Waals surface area contributed by atoms with Crippen molar-refractivity contribution in [2.45, 2.75) is 26.8 Å².